The molecule has 4 aromatic rings. The Morgan fingerprint density at radius 1 is 0.609 bits per heavy atom. The number of carboxylic acid groups (broad SMARTS) is 4. The van der Waals surface area contributed by atoms with Gasteiger partial charge in [0, 0.05) is 122 Å². The Labute approximate surface area is 674 Å². The Morgan fingerprint density at radius 2 is 1.23 bits per heavy atom. The van der Waals surface area contributed by atoms with Crippen molar-refractivity contribution in [2.45, 2.75) is 177 Å². The Kier molecular flexibility index (Phi) is 38.4. The fraction of sp³-hybridized carbons (Fsp3) is 0.456. The van der Waals surface area contributed by atoms with Gasteiger partial charge in [0.2, 0.25) is 33.1 Å². The van der Waals surface area contributed by atoms with Crippen molar-refractivity contribution in [1.29, 1.82) is 0 Å². The highest BCUT2D eigenvalue weighted by molar-refractivity contribution is 8.76. The first kappa shape index (κ1) is 93.7. The number of amides is 5. The number of ketones is 3. The van der Waals surface area contributed by atoms with Crippen LogP contribution in [0.15, 0.2) is 129 Å². The largest absolute Gasteiger partial charge is 0.481 e. The maximum Gasteiger partial charge on any atom is 0.326 e. The van der Waals surface area contributed by atoms with E-state index < -0.39 is 157 Å². The number of Topliss-reactive ketones (excluding diaryl/α,β-unsaturated/α-hetero) is 3. The third kappa shape index (κ3) is 30.6. The van der Waals surface area contributed by atoms with Crippen LogP contribution in [-0.4, -0.2) is 194 Å². The van der Waals surface area contributed by atoms with E-state index in [2.05, 4.69) is 45.5 Å². The summed E-state index contributed by atoms with van der Waals surface area (Å²) in [5.41, 5.74) is 9.74. The van der Waals surface area contributed by atoms with Crippen LogP contribution in [0.3, 0.4) is 0 Å². The van der Waals surface area contributed by atoms with Crippen molar-refractivity contribution in [3.8, 4) is 22.5 Å². The fourth-order valence-electron chi connectivity index (χ4n) is 12.8. The van der Waals surface area contributed by atoms with Crippen LogP contribution in [0.1, 0.15) is 135 Å². The van der Waals surface area contributed by atoms with E-state index in [0.29, 0.717) is 104 Å². The van der Waals surface area contributed by atoms with E-state index in [0.717, 1.165) is 38.7 Å². The topological polar surface area (TPSA) is 501 Å². The molecule has 0 spiro atoms. The Hall–Kier alpha value is -10.1. The average molecular weight is 1670 g/mol. The van der Waals surface area contributed by atoms with Gasteiger partial charge in [-0.2, -0.15) is 8.42 Å². The van der Waals surface area contributed by atoms with Gasteiger partial charge in [0.05, 0.1) is 41.8 Å². The van der Waals surface area contributed by atoms with E-state index in [9.17, 15) is 94.2 Å². The first-order valence-corrected chi connectivity index (χ1v) is 43.2. The standard InChI is InChI=1S/C79H101N9O23S4/c1-5-87(6-2)54-27-31-58-67(43-54)111-68-44-55(88(7-3)8-4)28-32-59(68)74(58)60-33-30-57(45-69(60)115(107,108)109)114(105,106)82-37-38-112-113-48-53(77(100)101)42-66(92)64(46-73(96)97)84-76(99)61(80)47-81-75(98)52(39-50-21-15-13-16-22-50)41-65(91)63(40-51-23-17-14-18-24-51)83-70(93)26-20-12-10-9-11-19-25-56(90)29-34-62(78(102)103)85-79(104)86-71(110-49-89)35-36-72(94)95/h13-18,21-24,27-28,30-33,43-45,49,52-53,61-64,71,82H,5-12,19-20,25-26,29,34-42,46-48,80H2,1-4H3,(H9-,81,83,84,85,86,93,94,95,96,97,98,99,100,101,102,103,104,107,108,109)/p+1/t52-,53+,61+,62+,63+,64+,71-/m1/s1. The first-order chi connectivity index (χ1) is 54.8. The van der Waals surface area contributed by atoms with Gasteiger partial charge in [0.15, 0.2) is 17.8 Å². The molecule has 0 saturated carbocycles. The number of unbranched alkanes of at least 4 members (excludes halogenated alkanes) is 5. The second-order valence-electron chi connectivity index (χ2n) is 27.3. The number of nitrogens with one attached hydrogen (secondary N) is 6. The number of carbonyl (C=O) groups excluding carboxylic acids is 8. The third-order valence-corrected chi connectivity index (χ3v) is 23.8. The number of aliphatic carboxylic acids is 4. The van der Waals surface area contributed by atoms with Crippen LogP contribution >= 0.6 is 21.6 Å². The average Bonchev–Trinajstić information content (AvgIpc) is 0.737. The summed E-state index contributed by atoms with van der Waals surface area (Å²) in [7, 11) is -7.61. The van der Waals surface area contributed by atoms with E-state index >= 15 is 0 Å². The Bertz CT molecular complexity index is 4640. The molecule has 0 saturated heterocycles. The molecule has 2 aliphatic rings. The summed E-state index contributed by atoms with van der Waals surface area (Å²) in [6.07, 6.45) is -0.617. The van der Waals surface area contributed by atoms with Crippen LogP contribution in [0, 0.1) is 11.8 Å². The number of carbonyl (C=O) groups is 12. The minimum atomic E-state index is -5.11. The molecule has 32 nitrogen and oxygen atoms in total. The van der Waals surface area contributed by atoms with Gasteiger partial charge >= 0.3 is 29.9 Å². The number of nitrogens with zero attached hydrogens (tertiary/aromatic N) is 2. The predicted octanol–water partition coefficient (Wildman–Crippen LogP) is 6.96. The summed E-state index contributed by atoms with van der Waals surface area (Å²) in [4.78, 5) is 153. The number of fused-ring (bicyclic) bond motifs is 2. The van der Waals surface area contributed by atoms with E-state index in [1.54, 1.807) is 72.8 Å². The number of carboxylic acids is 4. The number of benzene rings is 5. The number of hydrogen-bond acceptors (Lipinski definition) is 22. The molecule has 624 valence electrons. The molecule has 1 aliphatic carbocycles. The van der Waals surface area contributed by atoms with Gasteiger partial charge in [-0.1, -0.05) is 114 Å². The van der Waals surface area contributed by atoms with Crippen LogP contribution in [-0.2, 0) is 90.5 Å². The lowest BCUT2D eigenvalue weighted by Crippen LogP contribution is -2.53. The maximum absolute atomic E-state index is 14.4. The highest BCUT2D eigenvalue weighted by Gasteiger charge is 2.34. The molecule has 4 aromatic carbocycles. The van der Waals surface area contributed by atoms with Crippen molar-refractivity contribution in [1.82, 2.24) is 35.9 Å². The third-order valence-electron chi connectivity index (χ3n) is 19.0. The molecule has 36 heteroatoms. The lowest BCUT2D eigenvalue weighted by molar-refractivity contribution is -0.144. The summed E-state index contributed by atoms with van der Waals surface area (Å²) in [6.45, 7) is 9.95. The molecule has 0 bridgehead atoms. The SMILES string of the molecule is CCN(CC)c1ccc2c(-c3ccc(S(=O)(=O)NCCSSC[C@H](CC(=O)[C@H](CC(=O)O)NC(=O)[C@@H](N)CNC(=O)[C@@H](CC(=O)[C@H](Cc4ccccc4)NC(=O)CCCCCCCCC(=O)CC[C@H](NC(=O)N[C@@H](CCC(=O)O)OC=O)C(=O)O)Cc4ccccc4)C(=O)O)cc3S(=O)(=O)O)c3ccc(=[N+](CC)CC)cc-3oc2c1. The maximum atomic E-state index is 14.4. The number of sulfonamides is 1. The zero-order valence-corrected chi connectivity index (χ0v) is 67.7. The van der Waals surface area contributed by atoms with Crippen molar-refractivity contribution in [2.24, 2.45) is 17.6 Å². The first-order valence-electron chi connectivity index (χ1n) is 37.8. The Balaban J connectivity index is 0.997. The fourth-order valence-corrected chi connectivity index (χ4v) is 17.0. The monoisotopic (exact) mass is 1670 g/mol. The van der Waals surface area contributed by atoms with E-state index in [-0.39, 0.29) is 87.2 Å². The van der Waals surface area contributed by atoms with E-state index in [1.807, 2.05) is 52.0 Å². The van der Waals surface area contributed by atoms with Crippen molar-refractivity contribution in [3.05, 3.63) is 132 Å². The number of ether oxygens (including phenoxy) is 1. The molecule has 6 rings (SSSR count). The molecular formula is C79H102N9O23S4+. The molecular weight excluding hydrogens is 1570 g/mol. The van der Waals surface area contributed by atoms with Crippen molar-refractivity contribution >= 4 is 130 Å². The minimum Gasteiger partial charge on any atom is -0.481 e. The lowest BCUT2D eigenvalue weighted by Gasteiger charge is -2.23. The quantitative estimate of drug-likeness (QED) is 0.00349. The highest BCUT2D eigenvalue weighted by atomic mass is 33.1. The number of hydrogen-bond donors (Lipinski definition) is 12. The summed E-state index contributed by atoms with van der Waals surface area (Å²) in [5, 5.41) is 51.9. The predicted molar refractivity (Wildman–Crippen MR) is 431 cm³/mol. The van der Waals surface area contributed by atoms with Gasteiger partial charge in [-0.25, -0.2) is 27.3 Å². The minimum absolute atomic E-state index is 0.00567. The molecule has 115 heavy (non-hydrogen) atoms. The van der Waals surface area contributed by atoms with Gasteiger partial charge in [-0.15, -0.1) is 0 Å². The molecule has 0 aromatic heterocycles. The number of rotatable bonds is 54. The molecule has 1 aliphatic heterocycles. The van der Waals surface area contributed by atoms with E-state index in [1.165, 1.54) is 12.1 Å². The lowest BCUT2D eigenvalue weighted by atomic mass is 9.89. The van der Waals surface area contributed by atoms with Gasteiger partial charge in [0.1, 0.15) is 47.2 Å². The molecule has 1 heterocycles. The van der Waals surface area contributed by atoms with Crippen molar-refractivity contribution < 1.29 is 109 Å². The summed E-state index contributed by atoms with van der Waals surface area (Å²) >= 11 is 0. The van der Waals surface area contributed by atoms with Crippen LogP contribution < -0.4 is 51.9 Å². The Morgan fingerprint density at radius 3 is 1.84 bits per heavy atom. The van der Waals surface area contributed by atoms with Crippen LogP contribution in [0.4, 0.5) is 10.5 Å². The zero-order chi connectivity index (χ0) is 84.4. The van der Waals surface area contributed by atoms with Gasteiger partial charge in [-0.3, -0.25) is 52.5 Å². The molecule has 13 N–H and O–H groups in total. The molecule has 0 fully saturated rings. The summed E-state index contributed by atoms with van der Waals surface area (Å²) in [6, 6.07) is 25.0. The van der Waals surface area contributed by atoms with Crippen molar-refractivity contribution in [3.63, 3.8) is 0 Å². The van der Waals surface area contributed by atoms with Gasteiger partial charge in [0.25, 0.3) is 16.6 Å². The zero-order valence-electron chi connectivity index (χ0n) is 64.5. The normalized spacial score (nSPS) is 13.3. The second-order valence-corrected chi connectivity index (χ2v) is 33.0. The van der Waals surface area contributed by atoms with E-state index in [4.69, 9.17) is 15.3 Å². The summed E-state index contributed by atoms with van der Waals surface area (Å²) in [5.74, 6) is -11.9. The van der Waals surface area contributed by atoms with Crippen LogP contribution in [0.5, 0.6) is 0 Å². The van der Waals surface area contributed by atoms with Crippen LogP contribution in [0.2, 0.25) is 0 Å². The van der Waals surface area contributed by atoms with Crippen molar-refractivity contribution in [2.75, 3.05) is 55.7 Å². The van der Waals surface area contributed by atoms with Gasteiger partial charge in [-0.05, 0) is 101 Å². The molecule has 5 amide bonds. The van der Waals surface area contributed by atoms with Crippen LogP contribution in [0.25, 0.3) is 33.4 Å². The summed E-state index contributed by atoms with van der Waals surface area (Å²) < 4.78 is 80.7. The second kappa shape index (κ2) is 47.1. The highest BCUT2D eigenvalue weighted by Crippen LogP contribution is 2.44. The number of urea groups is 1. The van der Waals surface area contributed by atoms with Gasteiger partial charge < -0.3 is 66.8 Å². The molecule has 0 unspecified atom stereocenters. The molecule has 7 atom stereocenters. The number of anilines is 1. The molecule has 0 radical (unpaired) electrons. The smallest absolute Gasteiger partial charge is 0.326 e. The number of nitrogens with two attached hydrogens (primary N) is 1.